The number of nitrogens with zero attached hydrogens (tertiary/aromatic N) is 3. The lowest BCUT2D eigenvalue weighted by molar-refractivity contribution is 0.0191. The molecule has 0 saturated carbocycles. The molecule has 1 saturated heterocycles. The molecule has 28 heavy (non-hydrogen) atoms. The van der Waals surface area contributed by atoms with Crippen LogP contribution in [0.4, 0.5) is 4.79 Å². The third kappa shape index (κ3) is 4.72. The number of sulfone groups is 1. The van der Waals surface area contributed by atoms with Gasteiger partial charge < -0.3 is 9.64 Å². The second kappa shape index (κ2) is 7.47. The number of likely N-dealkylation sites (tertiary alicyclic amines) is 1. The highest BCUT2D eigenvalue weighted by Crippen LogP contribution is 2.23. The number of H-pyrrole nitrogens is 1. The highest BCUT2D eigenvalue weighted by atomic mass is 32.2. The number of carbonyl (C=O) groups excluding carboxylic acids is 1. The van der Waals surface area contributed by atoms with Gasteiger partial charge >= 0.3 is 6.09 Å². The molecule has 0 radical (unpaired) electrons. The van der Waals surface area contributed by atoms with Crippen molar-refractivity contribution < 1.29 is 17.9 Å². The Morgan fingerprint density at radius 2 is 2.04 bits per heavy atom. The van der Waals surface area contributed by atoms with Crippen molar-refractivity contribution in [3.05, 3.63) is 21.6 Å². The molecule has 10 heteroatoms. The average molecular weight is 413 g/mol. The molecule has 9 nitrogen and oxygen atoms in total. The minimum Gasteiger partial charge on any atom is -0.444 e. The monoisotopic (exact) mass is 412 g/mol. The molecule has 1 atom stereocenters. The lowest BCUT2D eigenvalue weighted by atomic mass is 10.1. The number of aromatic amines is 1. The van der Waals surface area contributed by atoms with Crippen LogP contribution in [0, 0.1) is 0 Å². The fourth-order valence-electron chi connectivity index (χ4n) is 3.69. The molecule has 2 aliphatic heterocycles. The number of ether oxygens (including phenoxy) is 1. The molecule has 0 spiro atoms. The highest BCUT2D eigenvalue weighted by molar-refractivity contribution is 7.90. The number of fused-ring (bicyclic) bond motifs is 1. The van der Waals surface area contributed by atoms with Gasteiger partial charge in [0.15, 0.2) is 0 Å². The van der Waals surface area contributed by atoms with E-state index in [0.717, 1.165) is 19.1 Å². The van der Waals surface area contributed by atoms with Crippen molar-refractivity contribution in [1.82, 2.24) is 19.8 Å². The number of carbonyl (C=O) groups is 1. The summed E-state index contributed by atoms with van der Waals surface area (Å²) in [6.07, 6.45) is 3.03. The van der Waals surface area contributed by atoms with Gasteiger partial charge in [-0.15, -0.1) is 0 Å². The van der Waals surface area contributed by atoms with E-state index in [1.54, 1.807) is 4.90 Å². The van der Waals surface area contributed by atoms with Crippen LogP contribution >= 0.6 is 0 Å². The Morgan fingerprint density at radius 3 is 2.68 bits per heavy atom. The fourth-order valence-corrected chi connectivity index (χ4v) is 4.24. The number of aromatic nitrogens is 2. The average Bonchev–Trinajstić information content (AvgIpc) is 3.00. The first-order valence-corrected chi connectivity index (χ1v) is 11.4. The van der Waals surface area contributed by atoms with Crippen molar-refractivity contribution in [1.29, 1.82) is 0 Å². The van der Waals surface area contributed by atoms with Gasteiger partial charge in [0.05, 0.1) is 5.69 Å². The summed E-state index contributed by atoms with van der Waals surface area (Å²) in [7, 11) is -3.59. The first-order valence-electron chi connectivity index (χ1n) is 9.48. The van der Waals surface area contributed by atoms with E-state index in [1.165, 1.54) is 0 Å². The van der Waals surface area contributed by atoms with E-state index < -0.39 is 15.4 Å². The Labute approximate surface area is 165 Å². The predicted molar refractivity (Wildman–Crippen MR) is 103 cm³/mol. The zero-order valence-corrected chi connectivity index (χ0v) is 17.6. The predicted octanol–water partition coefficient (Wildman–Crippen LogP) is 0.931. The summed E-state index contributed by atoms with van der Waals surface area (Å²) in [6.45, 7) is 7.90. The summed E-state index contributed by atoms with van der Waals surface area (Å²) < 4.78 is 29.0. The molecule has 1 N–H and O–H groups in total. The van der Waals surface area contributed by atoms with E-state index in [9.17, 15) is 18.0 Å². The van der Waals surface area contributed by atoms with Crippen molar-refractivity contribution >= 4 is 15.9 Å². The Morgan fingerprint density at radius 1 is 1.32 bits per heavy atom. The number of rotatable bonds is 3. The summed E-state index contributed by atoms with van der Waals surface area (Å²) >= 11 is 0. The van der Waals surface area contributed by atoms with Gasteiger partial charge in [-0.2, -0.15) is 0 Å². The SMILES string of the molecule is CC(C)(C)OC(=O)N1CCCC1CN1CCc2c(nc(S(C)(=O)=O)[nH]c2=O)C1. The van der Waals surface area contributed by atoms with Gasteiger partial charge in [0, 0.05) is 44.0 Å². The molecule has 0 bridgehead atoms. The first kappa shape index (κ1) is 20.8. The van der Waals surface area contributed by atoms with Gasteiger partial charge in [-0.1, -0.05) is 0 Å². The fraction of sp³-hybridized carbons (Fsp3) is 0.722. The third-order valence-corrected chi connectivity index (χ3v) is 5.85. The number of nitrogens with one attached hydrogen (secondary N) is 1. The van der Waals surface area contributed by atoms with Crippen LogP contribution < -0.4 is 5.56 Å². The van der Waals surface area contributed by atoms with Crippen LogP contribution in [0.3, 0.4) is 0 Å². The number of amides is 1. The summed E-state index contributed by atoms with van der Waals surface area (Å²) in [6, 6.07) is 0.0350. The van der Waals surface area contributed by atoms with Crippen LogP contribution in [0.2, 0.25) is 0 Å². The molecule has 3 rings (SSSR count). The topological polar surface area (TPSA) is 113 Å². The van der Waals surface area contributed by atoms with Crippen molar-refractivity contribution in [2.75, 3.05) is 25.9 Å². The Balaban J connectivity index is 1.73. The van der Waals surface area contributed by atoms with Crippen LogP contribution in [0.15, 0.2) is 9.95 Å². The smallest absolute Gasteiger partial charge is 0.410 e. The highest BCUT2D eigenvalue weighted by Gasteiger charge is 2.34. The van der Waals surface area contributed by atoms with Gasteiger partial charge in [-0.3, -0.25) is 14.7 Å². The van der Waals surface area contributed by atoms with Crippen LogP contribution in [0.25, 0.3) is 0 Å². The molecular weight excluding hydrogens is 384 g/mol. The summed E-state index contributed by atoms with van der Waals surface area (Å²) in [4.78, 5) is 35.1. The summed E-state index contributed by atoms with van der Waals surface area (Å²) in [5.74, 6) is 0. The molecular formula is C18H28N4O5S. The molecule has 3 heterocycles. The van der Waals surface area contributed by atoms with Crippen LogP contribution in [0.5, 0.6) is 0 Å². The minimum absolute atomic E-state index is 0.0350. The van der Waals surface area contributed by atoms with Crippen molar-refractivity contribution in [2.24, 2.45) is 0 Å². The normalized spacial score (nSPS) is 20.9. The second-order valence-corrected chi connectivity index (χ2v) is 10.5. The Kier molecular flexibility index (Phi) is 5.55. The van der Waals surface area contributed by atoms with E-state index in [2.05, 4.69) is 14.9 Å². The summed E-state index contributed by atoms with van der Waals surface area (Å²) in [5.41, 5.74) is 0.110. The van der Waals surface area contributed by atoms with E-state index in [-0.39, 0.29) is 22.9 Å². The van der Waals surface area contributed by atoms with E-state index in [1.807, 2.05) is 20.8 Å². The van der Waals surface area contributed by atoms with E-state index >= 15 is 0 Å². The lowest BCUT2D eigenvalue weighted by Gasteiger charge is -2.34. The van der Waals surface area contributed by atoms with Gasteiger partial charge in [-0.05, 0) is 40.0 Å². The maximum absolute atomic E-state index is 12.5. The Hall–Kier alpha value is -1.94. The van der Waals surface area contributed by atoms with Crippen molar-refractivity contribution in [3.63, 3.8) is 0 Å². The Bertz CT molecular complexity index is 919. The largest absolute Gasteiger partial charge is 0.444 e. The van der Waals surface area contributed by atoms with Gasteiger partial charge in [0.25, 0.3) is 5.56 Å². The van der Waals surface area contributed by atoms with Crippen LogP contribution in [-0.4, -0.2) is 71.8 Å². The third-order valence-electron chi connectivity index (χ3n) is 4.96. The standard InChI is InChI=1S/C18H28N4O5S/c1-18(2,3)27-17(24)22-8-5-6-12(22)10-21-9-7-13-14(11-21)19-16(20-15(13)23)28(4,25)26/h12H,5-11H2,1-4H3,(H,19,20,23). The van der Waals surface area contributed by atoms with E-state index in [0.29, 0.717) is 43.9 Å². The molecule has 2 aliphatic rings. The van der Waals surface area contributed by atoms with Crippen molar-refractivity contribution in [2.45, 2.75) is 63.4 Å². The van der Waals surface area contributed by atoms with Crippen LogP contribution in [-0.2, 0) is 27.5 Å². The minimum atomic E-state index is -3.59. The quantitative estimate of drug-likeness (QED) is 0.735. The maximum atomic E-state index is 12.5. The number of hydrogen-bond donors (Lipinski definition) is 1. The number of hydrogen-bond acceptors (Lipinski definition) is 7. The lowest BCUT2D eigenvalue weighted by Crippen LogP contribution is -2.47. The van der Waals surface area contributed by atoms with Crippen molar-refractivity contribution in [3.8, 4) is 0 Å². The summed E-state index contributed by atoms with van der Waals surface area (Å²) in [5, 5.41) is -0.297. The van der Waals surface area contributed by atoms with Gasteiger partial charge in [0.2, 0.25) is 15.0 Å². The van der Waals surface area contributed by atoms with Crippen LogP contribution in [0.1, 0.15) is 44.9 Å². The zero-order chi connectivity index (χ0) is 20.7. The molecule has 156 valence electrons. The molecule has 1 aromatic heterocycles. The molecule has 1 aromatic rings. The molecule has 1 fully saturated rings. The molecule has 1 amide bonds. The molecule has 0 aromatic carbocycles. The molecule has 1 unspecified atom stereocenters. The second-order valence-electron chi connectivity index (χ2n) is 8.52. The first-order chi connectivity index (χ1) is 12.9. The maximum Gasteiger partial charge on any atom is 0.410 e. The van der Waals surface area contributed by atoms with Gasteiger partial charge in [-0.25, -0.2) is 18.2 Å². The van der Waals surface area contributed by atoms with Gasteiger partial charge in [0.1, 0.15) is 5.60 Å². The van der Waals surface area contributed by atoms with E-state index in [4.69, 9.17) is 4.74 Å². The molecule has 0 aliphatic carbocycles. The zero-order valence-electron chi connectivity index (χ0n) is 16.8.